The molecule has 1 amide bonds. The van der Waals surface area contributed by atoms with Gasteiger partial charge in [0.1, 0.15) is 0 Å². The fourth-order valence-electron chi connectivity index (χ4n) is 4.68. The fourth-order valence-corrected chi connectivity index (χ4v) is 4.93. The van der Waals surface area contributed by atoms with Gasteiger partial charge in [0.05, 0.1) is 6.42 Å². The molecule has 1 saturated heterocycles. The van der Waals surface area contributed by atoms with Crippen molar-refractivity contribution in [3.63, 3.8) is 0 Å². The Labute approximate surface area is 213 Å². The Balaban J connectivity index is 1.35. The molecule has 34 heavy (non-hydrogen) atoms. The van der Waals surface area contributed by atoms with E-state index in [-0.39, 0.29) is 11.9 Å². The van der Waals surface area contributed by atoms with Gasteiger partial charge in [-0.05, 0) is 66.6 Å². The molecule has 0 radical (unpaired) electrons. The molecule has 0 aromatic heterocycles. The molecular formula is C29H32Cl2N2O. The summed E-state index contributed by atoms with van der Waals surface area (Å²) in [6.45, 7) is 3.84. The highest BCUT2D eigenvalue weighted by Gasteiger charge is 2.27. The number of amides is 1. The molecule has 5 heteroatoms. The van der Waals surface area contributed by atoms with Gasteiger partial charge in [0.25, 0.3) is 0 Å². The maximum Gasteiger partial charge on any atom is 0.227 e. The van der Waals surface area contributed by atoms with E-state index in [1.165, 1.54) is 11.1 Å². The minimum absolute atomic E-state index is 0.206. The van der Waals surface area contributed by atoms with Crippen molar-refractivity contribution in [1.82, 2.24) is 9.80 Å². The highest BCUT2D eigenvalue weighted by atomic mass is 35.5. The lowest BCUT2D eigenvalue weighted by Crippen LogP contribution is -2.48. The molecular weight excluding hydrogens is 463 g/mol. The Kier molecular flexibility index (Phi) is 9.04. The molecule has 1 aliphatic heterocycles. The molecule has 1 heterocycles. The number of carbonyl (C=O) groups excluding carboxylic acids is 1. The lowest BCUT2D eigenvalue weighted by atomic mass is 10.00. The molecule has 0 aliphatic carbocycles. The SMILES string of the molecule is O=C(Cc1ccc(Cl)cc1)N(CCc1ccccc1)C1CCN(CCc2ccc(Cl)cc2)CC1. The van der Waals surface area contributed by atoms with Crippen LogP contribution in [0.15, 0.2) is 78.9 Å². The second-order valence-corrected chi connectivity index (χ2v) is 9.95. The van der Waals surface area contributed by atoms with Crippen molar-refractivity contribution in [2.24, 2.45) is 0 Å². The average molecular weight is 495 g/mol. The maximum atomic E-state index is 13.4. The quantitative estimate of drug-likeness (QED) is 0.347. The van der Waals surface area contributed by atoms with Crippen LogP contribution in [0, 0.1) is 0 Å². The lowest BCUT2D eigenvalue weighted by Gasteiger charge is -2.39. The summed E-state index contributed by atoms with van der Waals surface area (Å²) in [5.41, 5.74) is 3.60. The summed E-state index contributed by atoms with van der Waals surface area (Å²) in [4.78, 5) is 18.1. The van der Waals surface area contributed by atoms with Crippen LogP contribution in [0.1, 0.15) is 29.5 Å². The monoisotopic (exact) mass is 494 g/mol. The zero-order valence-electron chi connectivity index (χ0n) is 19.5. The van der Waals surface area contributed by atoms with Crippen LogP contribution in [0.3, 0.4) is 0 Å². The standard InChI is InChI=1S/C29H32Cl2N2O/c30-26-10-6-24(7-11-26)14-18-32-19-16-28(17-20-32)33(21-15-23-4-2-1-3-5-23)29(34)22-25-8-12-27(31)13-9-25/h1-13,28H,14-22H2. The lowest BCUT2D eigenvalue weighted by molar-refractivity contribution is -0.133. The van der Waals surface area contributed by atoms with E-state index >= 15 is 0 Å². The van der Waals surface area contributed by atoms with Gasteiger partial charge in [0.15, 0.2) is 0 Å². The van der Waals surface area contributed by atoms with Gasteiger partial charge in [-0.1, -0.05) is 77.8 Å². The van der Waals surface area contributed by atoms with Gasteiger partial charge in [-0.2, -0.15) is 0 Å². The van der Waals surface area contributed by atoms with E-state index in [9.17, 15) is 4.79 Å². The number of rotatable bonds is 9. The number of halogens is 2. The van der Waals surface area contributed by atoms with Crippen molar-refractivity contribution >= 4 is 29.1 Å². The number of carbonyl (C=O) groups is 1. The normalized spacial score (nSPS) is 14.8. The van der Waals surface area contributed by atoms with Crippen LogP contribution in [0.25, 0.3) is 0 Å². The van der Waals surface area contributed by atoms with E-state index in [4.69, 9.17) is 23.2 Å². The van der Waals surface area contributed by atoms with Crippen molar-refractivity contribution in [2.45, 2.75) is 38.1 Å². The van der Waals surface area contributed by atoms with Crippen molar-refractivity contribution in [1.29, 1.82) is 0 Å². The second-order valence-electron chi connectivity index (χ2n) is 9.08. The van der Waals surface area contributed by atoms with E-state index in [2.05, 4.69) is 46.2 Å². The first-order valence-corrected chi connectivity index (χ1v) is 12.9. The van der Waals surface area contributed by atoms with Crippen LogP contribution in [0.4, 0.5) is 0 Å². The summed E-state index contributed by atoms with van der Waals surface area (Å²) in [5, 5.41) is 1.48. The molecule has 0 atom stereocenters. The Bertz CT molecular complexity index is 1030. The maximum absolute atomic E-state index is 13.4. The van der Waals surface area contributed by atoms with Crippen LogP contribution in [-0.4, -0.2) is 47.9 Å². The van der Waals surface area contributed by atoms with Crippen molar-refractivity contribution in [2.75, 3.05) is 26.2 Å². The smallest absolute Gasteiger partial charge is 0.227 e. The van der Waals surface area contributed by atoms with Gasteiger partial charge >= 0.3 is 0 Å². The van der Waals surface area contributed by atoms with E-state index in [0.717, 1.165) is 62.4 Å². The van der Waals surface area contributed by atoms with Crippen LogP contribution in [-0.2, 0) is 24.1 Å². The third-order valence-electron chi connectivity index (χ3n) is 6.70. The summed E-state index contributed by atoms with van der Waals surface area (Å²) in [5.74, 6) is 0.206. The summed E-state index contributed by atoms with van der Waals surface area (Å²) >= 11 is 12.0. The van der Waals surface area contributed by atoms with Gasteiger partial charge in [0.2, 0.25) is 5.91 Å². The van der Waals surface area contributed by atoms with Gasteiger partial charge in [-0.25, -0.2) is 0 Å². The molecule has 1 aliphatic rings. The number of benzene rings is 3. The Hall–Kier alpha value is -2.33. The highest BCUT2D eigenvalue weighted by molar-refractivity contribution is 6.30. The molecule has 0 unspecified atom stereocenters. The van der Waals surface area contributed by atoms with Crippen LogP contribution < -0.4 is 0 Å². The van der Waals surface area contributed by atoms with Crippen LogP contribution >= 0.6 is 23.2 Å². The summed E-state index contributed by atoms with van der Waals surface area (Å²) < 4.78 is 0. The van der Waals surface area contributed by atoms with Crippen molar-refractivity contribution < 1.29 is 4.79 Å². The molecule has 3 aromatic rings. The first kappa shape index (κ1) is 24.8. The van der Waals surface area contributed by atoms with Crippen molar-refractivity contribution in [3.05, 3.63) is 106 Å². The predicted octanol–water partition coefficient (Wildman–Crippen LogP) is 6.31. The molecule has 3 aromatic carbocycles. The number of piperidine rings is 1. The topological polar surface area (TPSA) is 23.6 Å². The first-order chi connectivity index (χ1) is 16.6. The van der Waals surface area contributed by atoms with E-state index in [0.29, 0.717) is 11.4 Å². The minimum Gasteiger partial charge on any atom is -0.339 e. The van der Waals surface area contributed by atoms with E-state index in [1.807, 2.05) is 42.5 Å². The number of likely N-dealkylation sites (tertiary alicyclic amines) is 1. The van der Waals surface area contributed by atoms with Gasteiger partial charge in [-0.15, -0.1) is 0 Å². The Morgan fingerprint density at radius 2 is 1.32 bits per heavy atom. The Morgan fingerprint density at radius 3 is 1.94 bits per heavy atom. The van der Waals surface area contributed by atoms with E-state index < -0.39 is 0 Å². The molecule has 1 fully saturated rings. The molecule has 0 N–H and O–H groups in total. The minimum atomic E-state index is 0.206. The number of hydrogen-bond donors (Lipinski definition) is 0. The predicted molar refractivity (Wildman–Crippen MR) is 142 cm³/mol. The molecule has 178 valence electrons. The Morgan fingerprint density at radius 1 is 0.765 bits per heavy atom. The first-order valence-electron chi connectivity index (χ1n) is 12.1. The van der Waals surface area contributed by atoms with Gasteiger partial charge in [0, 0.05) is 42.3 Å². The summed E-state index contributed by atoms with van der Waals surface area (Å²) in [6.07, 6.45) is 4.35. The second kappa shape index (κ2) is 12.4. The summed E-state index contributed by atoms with van der Waals surface area (Å²) in [7, 11) is 0. The highest BCUT2D eigenvalue weighted by Crippen LogP contribution is 2.20. The van der Waals surface area contributed by atoms with Crippen LogP contribution in [0.5, 0.6) is 0 Å². The molecule has 0 bridgehead atoms. The van der Waals surface area contributed by atoms with Gasteiger partial charge < -0.3 is 9.80 Å². The molecule has 0 saturated carbocycles. The van der Waals surface area contributed by atoms with E-state index in [1.54, 1.807) is 0 Å². The zero-order valence-corrected chi connectivity index (χ0v) is 21.0. The average Bonchev–Trinajstić information content (AvgIpc) is 2.86. The fraction of sp³-hybridized carbons (Fsp3) is 0.345. The molecule has 4 rings (SSSR count). The third-order valence-corrected chi connectivity index (χ3v) is 7.20. The van der Waals surface area contributed by atoms with Crippen molar-refractivity contribution in [3.8, 4) is 0 Å². The molecule has 0 spiro atoms. The number of hydrogen-bond acceptors (Lipinski definition) is 2. The zero-order chi connectivity index (χ0) is 23.8. The van der Waals surface area contributed by atoms with Gasteiger partial charge in [-0.3, -0.25) is 4.79 Å². The number of nitrogens with zero attached hydrogens (tertiary/aromatic N) is 2. The summed E-state index contributed by atoms with van der Waals surface area (Å²) in [6, 6.07) is 26.5. The largest absolute Gasteiger partial charge is 0.339 e. The molecule has 3 nitrogen and oxygen atoms in total. The third kappa shape index (κ3) is 7.33. The van der Waals surface area contributed by atoms with Crippen LogP contribution in [0.2, 0.25) is 10.0 Å².